The molecule has 0 radical (unpaired) electrons. The highest BCUT2D eigenvalue weighted by Crippen LogP contribution is 2.28. The minimum absolute atomic E-state index is 0.00531. The summed E-state index contributed by atoms with van der Waals surface area (Å²) in [5.41, 5.74) is 0.682. The van der Waals surface area contributed by atoms with Gasteiger partial charge in [0.15, 0.2) is 0 Å². The lowest BCUT2D eigenvalue weighted by atomic mass is 9.99. The van der Waals surface area contributed by atoms with E-state index in [2.05, 4.69) is 10.1 Å². The average Bonchev–Trinajstić information content (AvgIpc) is 2.70. The average molecular weight is 511 g/mol. The van der Waals surface area contributed by atoms with Gasteiger partial charge in [-0.1, -0.05) is 29.3 Å². The Bertz CT molecular complexity index is 1080. The Morgan fingerprint density at radius 2 is 1.84 bits per heavy atom. The van der Waals surface area contributed by atoms with Gasteiger partial charge in [0.25, 0.3) is 0 Å². The van der Waals surface area contributed by atoms with Gasteiger partial charge >= 0.3 is 6.36 Å². The Morgan fingerprint density at radius 3 is 2.47 bits per heavy atom. The molecule has 1 atom stereocenters. The predicted molar refractivity (Wildman–Crippen MR) is 115 cm³/mol. The predicted octanol–water partition coefficient (Wildman–Crippen LogP) is 5.07. The Morgan fingerprint density at radius 1 is 1.16 bits per heavy atom. The zero-order valence-corrected chi connectivity index (χ0v) is 18.9. The van der Waals surface area contributed by atoms with E-state index in [-0.39, 0.29) is 29.6 Å². The van der Waals surface area contributed by atoms with Crippen LogP contribution in [0.4, 0.5) is 18.9 Å². The molecule has 0 aromatic heterocycles. The molecule has 0 saturated carbocycles. The third-order valence-corrected chi connectivity index (χ3v) is 7.24. The van der Waals surface area contributed by atoms with E-state index in [9.17, 15) is 26.4 Å². The Hall–Kier alpha value is -2.01. The van der Waals surface area contributed by atoms with Gasteiger partial charge in [-0.05, 0) is 54.8 Å². The summed E-state index contributed by atoms with van der Waals surface area (Å²) in [5, 5.41) is 3.24. The number of alkyl halides is 3. The van der Waals surface area contributed by atoms with Crippen molar-refractivity contribution in [2.75, 3.05) is 18.4 Å². The first-order valence-electron chi connectivity index (χ1n) is 9.51. The van der Waals surface area contributed by atoms with Gasteiger partial charge < -0.3 is 10.1 Å². The number of carbonyl (C=O) groups excluding carboxylic acids is 1. The standard InChI is InChI=1S/C20H19Cl2F3N2O4S/c21-15-4-3-14(18(22)10-15)12-32(29,30)27-9-1-2-13(11-27)19(28)26-16-5-7-17(8-6-16)31-20(23,24)25/h3-8,10,13H,1-2,9,11-12H2,(H,26,28)/t13-/m0/s1. The molecule has 12 heteroatoms. The van der Waals surface area contributed by atoms with E-state index in [4.69, 9.17) is 23.2 Å². The number of carbonyl (C=O) groups is 1. The van der Waals surface area contributed by atoms with Crippen LogP contribution in [0.15, 0.2) is 42.5 Å². The van der Waals surface area contributed by atoms with Crippen molar-refractivity contribution >= 4 is 44.8 Å². The van der Waals surface area contributed by atoms with Crippen LogP contribution in [0.1, 0.15) is 18.4 Å². The number of anilines is 1. The first-order valence-corrected chi connectivity index (χ1v) is 11.9. The summed E-state index contributed by atoms with van der Waals surface area (Å²) in [4.78, 5) is 12.6. The summed E-state index contributed by atoms with van der Waals surface area (Å²) in [7, 11) is -3.73. The molecule has 6 nitrogen and oxygen atoms in total. The van der Waals surface area contributed by atoms with Gasteiger partial charge in [-0.2, -0.15) is 0 Å². The van der Waals surface area contributed by atoms with Crippen molar-refractivity contribution in [2.24, 2.45) is 5.92 Å². The fraction of sp³-hybridized carbons (Fsp3) is 0.350. The van der Waals surface area contributed by atoms with Crippen LogP contribution in [0.5, 0.6) is 5.75 Å². The molecule has 2 aromatic carbocycles. The Labute approximate surface area is 193 Å². The van der Waals surface area contributed by atoms with E-state index in [1.165, 1.54) is 22.5 Å². The maximum atomic E-state index is 12.9. The smallest absolute Gasteiger partial charge is 0.406 e. The lowest BCUT2D eigenvalue weighted by Gasteiger charge is -2.31. The molecule has 1 amide bonds. The van der Waals surface area contributed by atoms with Gasteiger partial charge in [0.1, 0.15) is 5.75 Å². The second-order valence-corrected chi connectivity index (χ2v) is 10.1. The van der Waals surface area contributed by atoms with Crippen LogP contribution in [-0.2, 0) is 20.6 Å². The van der Waals surface area contributed by atoms with E-state index in [0.29, 0.717) is 23.4 Å². The van der Waals surface area contributed by atoms with Crippen molar-refractivity contribution < 1.29 is 31.1 Å². The maximum absolute atomic E-state index is 12.9. The molecule has 32 heavy (non-hydrogen) atoms. The molecule has 0 bridgehead atoms. The van der Waals surface area contributed by atoms with Gasteiger partial charge in [0, 0.05) is 28.8 Å². The number of hydrogen-bond donors (Lipinski definition) is 1. The number of nitrogens with zero attached hydrogens (tertiary/aromatic N) is 1. The molecule has 1 saturated heterocycles. The van der Waals surface area contributed by atoms with E-state index in [1.807, 2.05) is 0 Å². The van der Waals surface area contributed by atoms with Crippen molar-refractivity contribution in [1.82, 2.24) is 4.31 Å². The van der Waals surface area contributed by atoms with Gasteiger partial charge in [-0.15, -0.1) is 13.2 Å². The second kappa shape index (κ2) is 9.86. The number of rotatable bonds is 6. The normalized spacial score (nSPS) is 17.7. The van der Waals surface area contributed by atoms with E-state index in [0.717, 1.165) is 12.1 Å². The van der Waals surface area contributed by atoms with E-state index < -0.39 is 34.0 Å². The third kappa shape index (κ3) is 6.74. The number of ether oxygens (including phenoxy) is 1. The Kier molecular flexibility index (Phi) is 7.59. The van der Waals surface area contributed by atoms with Crippen LogP contribution in [0.2, 0.25) is 10.0 Å². The fourth-order valence-corrected chi connectivity index (χ4v) is 5.52. The van der Waals surface area contributed by atoms with Crippen LogP contribution in [0.25, 0.3) is 0 Å². The monoisotopic (exact) mass is 510 g/mol. The molecule has 0 spiro atoms. The molecule has 1 fully saturated rings. The van der Waals surface area contributed by atoms with Gasteiger partial charge in [-0.25, -0.2) is 12.7 Å². The van der Waals surface area contributed by atoms with Gasteiger partial charge in [0.2, 0.25) is 15.9 Å². The molecule has 3 rings (SSSR count). The molecule has 1 heterocycles. The third-order valence-electron chi connectivity index (χ3n) is 4.86. The number of benzene rings is 2. The summed E-state index contributed by atoms with van der Waals surface area (Å²) in [6, 6.07) is 9.27. The van der Waals surface area contributed by atoms with E-state index in [1.54, 1.807) is 12.1 Å². The largest absolute Gasteiger partial charge is 0.573 e. The maximum Gasteiger partial charge on any atom is 0.573 e. The Balaban J connectivity index is 1.62. The number of nitrogens with one attached hydrogen (secondary N) is 1. The molecule has 0 unspecified atom stereocenters. The van der Waals surface area contributed by atoms with Crippen molar-refractivity contribution in [3.05, 3.63) is 58.1 Å². The summed E-state index contributed by atoms with van der Waals surface area (Å²) < 4.78 is 67.5. The van der Waals surface area contributed by atoms with Crippen LogP contribution in [0, 0.1) is 5.92 Å². The molecule has 174 valence electrons. The zero-order valence-electron chi connectivity index (χ0n) is 16.5. The van der Waals surface area contributed by atoms with Crippen LogP contribution >= 0.6 is 23.2 Å². The number of halogens is 5. The molecule has 1 aliphatic rings. The van der Waals surface area contributed by atoms with Crippen LogP contribution in [-0.4, -0.2) is 38.1 Å². The minimum Gasteiger partial charge on any atom is -0.406 e. The van der Waals surface area contributed by atoms with Crippen molar-refractivity contribution in [2.45, 2.75) is 25.0 Å². The van der Waals surface area contributed by atoms with Crippen molar-refractivity contribution in [1.29, 1.82) is 0 Å². The number of amides is 1. The summed E-state index contributed by atoms with van der Waals surface area (Å²) in [6.07, 6.45) is -3.84. The highest BCUT2D eigenvalue weighted by molar-refractivity contribution is 7.88. The highest BCUT2D eigenvalue weighted by Gasteiger charge is 2.33. The quantitative estimate of drug-likeness (QED) is 0.588. The van der Waals surface area contributed by atoms with Crippen molar-refractivity contribution in [3.8, 4) is 5.75 Å². The summed E-state index contributed by atoms with van der Waals surface area (Å²) >= 11 is 11.9. The molecule has 1 aliphatic heterocycles. The number of piperidine rings is 1. The van der Waals surface area contributed by atoms with Gasteiger partial charge in [0.05, 0.1) is 11.7 Å². The highest BCUT2D eigenvalue weighted by atomic mass is 35.5. The number of hydrogen-bond acceptors (Lipinski definition) is 4. The van der Waals surface area contributed by atoms with Crippen molar-refractivity contribution in [3.63, 3.8) is 0 Å². The van der Waals surface area contributed by atoms with E-state index >= 15 is 0 Å². The number of sulfonamides is 1. The second-order valence-electron chi connectivity index (χ2n) is 7.25. The lowest BCUT2D eigenvalue weighted by Crippen LogP contribution is -2.44. The fourth-order valence-electron chi connectivity index (χ4n) is 3.32. The molecule has 2 aromatic rings. The molecular formula is C20H19Cl2F3N2O4S. The topological polar surface area (TPSA) is 75.7 Å². The van der Waals surface area contributed by atoms with Crippen LogP contribution < -0.4 is 10.1 Å². The lowest BCUT2D eigenvalue weighted by molar-refractivity contribution is -0.274. The molecule has 0 aliphatic carbocycles. The summed E-state index contributed by atoms with van der Waals surface area (Å²) in [5.74, 6) is -1.76. The molecular weight excluding hydrogens is 492 g/mol. The summed E-state index contributed by atoms with van der Waals surface area (Å²) in [6.45, 7) is 0.273. The zero-order chi connectivity index (χ0) is 23.5. The molecule has 1 N–H and O–H groups in total. The minimum atomic E-state index is -4.81. The SMILES string of the molecule is O=C(Nc1ccc(OC(F)(F)F)cc1)[C@H]1CCCN(S(=O)(=O)Cc2ccc(Cl)cc2Cl)C1. The van der Waals surface area contributed by atoms with Gasteiger partial charge in [-0.3, -0.25) is 4.79 Å². The van der Waals surface area contributed by atoms with Crippen LogP contribution in [0.3, 0.4) is 0 Å². The first kappa shape index (κ1) is 24.6. The first-order chi connectivity index (χ1) is 14.9.